The van der Waals surface area contributed by atoms with Crippen LogP contribution in [0.4, 0.5) is 27.4 Å². The van der Waals surface area contributed by atoms with Crippen LogP contribution in [0.25, 0.3) is 0 Å². The van der Waals surface area contributed by atoms with Crippen molar-refractivity contribution in [2.45, 2.75) is 37.6 Å². The molecule has 7 nitrogen and oxygen atoms in total. The second kappa shape index (κ2) is 9.04. The lowest BCUT2D eigenvalue weighted by Crippen LogP contribution is -2.68. The molecule has 0 unspecified atom stereocenters. The van der Waals surface area contributed by atoms with Gasteiger partial charge in [-0.2, -0.15) is 18.4 Å². The minimum atomic E-state index is -5.46. The van der Waals surface area contributed by atoms with Crippen molar-refractivity contribution in [2.24, 2.45) is 0 Å². The lowest BCUT2D eigenvalue weighted by atomic mass is 9.96. The van der Waals surface area contributed by atoms with Gasteiger partial charge in [-0.1, -0.05) is 0 Å². The molecule has 170 valence electrons. The Morgan fingerprint density at radius 3 is 2.41 bits per heavy atom. The maximum absolute atomic E-state index is 14.0. The average molecular weight is 471 g/mol. The number of esters is 1. The van der Waals surface area contributed by atoms with Gasteiger partial charge in [0.05, 0.1) is 12.7 Å². The van der Waals surface area contributed by atoms with Crippen LogP contribution in [-0.4, -0.2) is 31.0 Å². The highest BCUT2D eigenvalue weighted by Gasteiger charge is 2.66. The number of thiophene rings is 1. The number of benzene rings is 1. The molecule has 2 amide bonds. The van der Waals surface area contributed by atoms with Crippen molar-refractivity contribution in [2.75, 3.05) is 12.4 Å². The first-order valence-corrected chi connectivity index (χ1v) is 10.2. The molecule has 1 heterocycles. The largest absolute Gasteiger partial charge is 0.464 e. The number of hydrogen-bond donors (Lipinski definition) is 2. The third-order valence-corrected chi connectivity index (χ3v) is 5.96. The van der Waals surface area contributed by atoms with Gasteiger partial charge in [-0.25, -0.2) is 14.0 Å². The van der Waals surface area contributed by atoms with Crippen molar-refractivity contribution < 1.29 is 36.6 Å². The number of carbonyl (C=O) groups excluding carboxylic acids is 2. The van der Waals surface area contributed by atoms with Crippen LogP contribution in [0.15, 0.2) is 24.3 Å². The van der Waals surface area contributed by atoms with E-state index in [1.165, 1.54) is 5.32 Å². The summed E-state index contributed by atoms with van der Waals surface area (Å²) in [6.07, 6.45) is -2.39. The van der Waals surface area contributed by atoms with E-state index < -0.39 is 35.5 Å². The molecular formula is C20H17F4N3O4S. The zero-order valence-electron chi connectivity index (χ0n) is 16.6. The second-order valence-corrected chi connectivity index (χ2v) is 7.94. The third kappa shape index (κ3) is 4.47. The molecule has 1 atom stereocenters. The quantitative estimate of drug-likeness (QED) is 0.385. The molecule has 0 aliphatic heterocycles. The summed E-state index contributed by atoms with van der Waals surface area (Å²) in [5.74, 6) is -3.24. The molecule has 0 radical (unpaired) electrons. The van der Waals surface area contributed by atoms with Gasteiger partial charge >= 0.3 is 23.9 Å². The number of urea groups is 1. The van der Waals surface area contributed by atoms with E-state index in [1.54, 1.807) is 0 Å². The van der Waals surface area contributed by atoms with Crippen LogP contribution in [0.1, 0.15) is 28.8 Å². The van der Waals surface area contributed by atoms with Gasteiger partial charge in [0.25, 0.3) is 0 Å². The van der Waals surface area contributed by atoms with Crippen molar-refractivity contribution in [3.05, 3.63) is 46.1 Å². The molecule has 0 saturated heterocycles. The number of hydrogen-bond acceptors (Lipinski definition) is 6. The fourth-order valence-corrected chi connectivity index (χ4v) is 4.49. The predicted molar refractivity (Wildman–Crippen MR) is 106 cm³/mol. The SMILES string of the molecule is COC(=O)[C@](NC(=O)Nc1sc2c(c1C#N)CCCC2)(Oc1ccc(F)cc1)C(F)(F)F. The highest BCUT2D eigenvalue weighted by molar-refractivity contribution is 7.16. The van der Waals surface area contributed by atoms with Crippen molar-refractivity contribution in [3.8, 4) is 11.8 Å². The molecule has 0 fully saturated rings. The number of fused-ring (bicyclic) bond motifs is 1. The molecule has 32 heavy (non-hydrogen) atoms. The van der Waals surface area contributed by atoms with Crippen LogP contribution >= 0.6 is 11.3 Å². The molecule has 1 aromatic heterocycles. The van der Waals surface area contributed by atoms with Crippen molar-refractivity contribution >= 4 is 28.3 Å². The Hall–Kier alpha value is -3.33. The molecule has 12 heteroatoms. The Morgan fingerprint density at radius 1 is 1.16 bits per heavy atom. The lowest BCUT2D eigenvalue weighted by Gasteiger charge is -2.33. The van der Waals surface area contributed by atoms with Crippen LogP contribution in [0, 0.1) is 17.1 Å². The van der Waals surface area contributed by atoms with Crippen LogP contribution in [0.3, 0.4) is 0 Å². The fraction of sp³-hybridized carbons (Fsp3) is 0.350. The van der Waals surface area contributed by atoms with Crippen LogP contribution < -0.4 is 15.4 Å². The Kier molecular flexibility index (Phi) is 6.59. The van der Waals surface area contributed by atoms with E-state index in [4.69, 9.17) is 4.74 Å². The molecule has 0 bridgehead atoms. The Bertz CT molecular complexity index is 1060. The number of nitrogens with zero attached hydrogens (tertiary/aromatic N) is 1. The van der Waals surface area contributed by atoms with Gasteiger partial charge in [0.2, 0.25) is 0 Å². The van der Waals surface area contributed by atoms with Crippen LogP contribution in [0.2, 0.25) is 0 Å². The third-order valence-electron chi connectivity index (χ3n) is 4.76. The molecular weight excluding hydrogens is 454 g/mol. The number of nitriles is 1. The molecule has 1 aromatic carbocycles. The van der Waals surface area contributed by atoms with Gasteiger partial charge in [0, 0.05) is 4.88 Å². The average Bonchev–Trinajstić information content (AvgIpc) is 3.10. The van der Waals surface area contributed by atoms with E-state index in [0.717, 1.165) is 58.9 Å². The summed E-state index contributed by atoms with van der Waals surface area (Å²) in [5, 5.41) is 13.2. The first kappa shape index (κ1) is 23.3. The summed E-state index contributed by atoms with van der Waals surface area (Å²) in [7, 11) is 0.692. The number of nitrogens with one attached hydrogen (secondary N) is 2. The minimum Gasteiger partial charge on any atom is -0.464 e. The molecule has 2 aromatic rings. The highest BCUT2D eigenvalue weighted by Crippen LogP contribution is 2.38. The van der Waals surface area contributed by atoms with E-state index in [2.05, 4.69) is 10.1 Å². The summed E-state index contributed by atoms with van der Waals surface area (Å²) in [4.78, 5) is 25.6. The van der Waals surface area contributed by atoms with Gasteiger partial charge in [-0.15, -0.1) is 11.3 Å². The number of amides is 2. The molecule has 2 N–H and O–H groups in total. The first-order valence-electron chi connectivity index (χ1n) is 9.35. The Labute approximate surface area is 183 Å². The maximum Gasteiger partial charge on any atom is 0.460 e. The molecule has 1 aliphatic rings. The lowest BCUT2D eigenvalue weighted by molar-refractivity contribution is -0.258. The Morgan fingerprint density at radius 2 is 1.81 bits per heavy atom. The van der Waals surface area contributed by atoms with Gasteiger partial charge in [0.1, 0.15) is 22.6 Å². The number of aryl methyl sites for hydroxylation is 1. The number of methoxy groups -OCH3 is 1. The number of anilines is 1. The highest BCUT2D eigenvalue weighted by atomic mass is 32.1. The topological polar surface area (TPSA) is 100 Å². The van der Waals surface area contributed by atoms with E-state index in [1.807, 2.05) is 6.07 Å². The first-order chi connectivity index (χ1) is 15.1. The van der Waals surface area contributed by atoms with Gasteiger partial charge in [0.15, 0.2) is 0 Å². The van der Waals surface area contributed by atoms with E-state index in [0.29, 0.717) is 20.0 Å². The summed E-state index contributed by atoms with van der Waals surface area (Å²) in [6, 6.07) is 3.89. The molecule has 0 spiro atoms. The number of alkyl halides is 3. The fourth-order valence-electron chi connectivity index (χ4n) is 3.25. The van der Waals surface area contributed by atoms with E-state index in [-0.39, 0.29) is 10.6 Å². The predicted octanol–water partition coefficient (Wildman–Crippen LogP) is 4.27. The number of rotatable bonds is 5. The van der Waals surface area contributed by atoms with Crippen molar-refractivity contribution in [3.63, 3.8) is 0 Å². The normalized spacial score (nSPS) is 15.0. The summed E-state index contributed by atoms with van der Waals surface area (Å²) >= 11 is 1.09. The zero-order chi connectivity index (χ0) is 23.5. The smallest absolute Gasteiger partial charge is 0.460 e. The molecule has 0 saturated carbocycles. The van der Waals surface area contributed by atoms with Gasteiger partial charge in [-0.3, -0.25) is 10.6 Å². The standard InChI is InChI=1S/C20H17F4N3O4S/c1-30-17(28)19(20(22,23)24,31-12-8-6-11(21)7-9-12)27-18(29)26-16-14(10-25)13-4-2-3-5-15(13)32-16/h6-9H,2-5H2,1H3,(H2,26,27,29)/t19-/m0/s1. The molecule has 3 rings (SSSR count). The monoisotopic (exact) mass is 471 g/mol. The summed E-state index contributed by atoms with van der Waals surface area (Å²) in [6.45, 7) is 0. The minimum absolute atomic E-state index is 0.0691. The van der Waals surface area contributed by atoms with Crippen LogP contribution in [0.5, 0.6) is 5.75 Å². The number of carbonyl (C=O) groups is 2. The molecule has 1 aliphatic carbocycles. The van der Waals surface area contributed by atoms with Crippen LogP contribution in [-0.2, 0) is 22.4 Å². The summed E-state index contributed by atoms with van der Waals surface area (Å²) < 4.78 is 64.2. The van der Waals surface area contributed by atoms with Gasteiger partial charge in [-0.05, 0) is 55.5 Å². The van der Waals surface area contributed by atoms with E-state index in [9.17, 15) is 32.4 Å². The maximum atomic E-state index is 14.0. The van der Waals surface area contributed by atoms with E-state index >= 15 is 0 Å². The number of ether oxygens (including phenoxy) is 2. The summed E-state index contributed by atoms with van der Waals surface area (Å²) in [5.41, 5.74) is -2.99. The van der Waals surface area contributed by atoms with Gasteiger partial charge < -0.3 is 9.47 Å². The second-order valence-electron chi connectivity index (χ2n) is 6.83. The van der Waals surface area contributed by atoms with Crippen molar-refractivity contribution in [1.29, 1.82) is 5.26 Å². The zero-order valence-corrected chi connectivity index (χ0v) is 17.5. The number of halogens is 4. The van der Waals surface area contributed by atoms with Crippen molar-refractivity contribution in [1.82, 2.24) is 5.32 Å². The Balaban J connectivity index is 1.93.